The first kappa shape index (κ1) is 23.9. The van der Waals surface area contributed by atoms with Gasteiger partial charge in [0.1, 0.15) is 11.6 Å². The van der Waals surface area contributed by atoms with Gasteiger partial charge >= 0.3 is 6.03 Å². The van der Waals surface area contributed by atoms with E-state index in [-0.39, 0.29) is 16.7 Å². The molecule has 0 fully saturated rings. The maximum absolute atomic E-state index is 14.6. The van der Waals surface area contributed by atoms with Crippen LogP contribution in [0.25, 0.3) is 22.0 Å². The third-order valence-electron chi connectivity index (χ3n) is 5.88. The number of benzene rings is 2. The average molecular weight is 474 g/mol. The minimum atomic E-state index is -0.606. The molecule has 0 aliphatic carbocycles. The molecule has 0 spiro atoms. The summed E-state index contributed by atoms with van der Waals surface area (Å²) in [6.45, 7) is 6.25. The number of aryl methyl sites for hydroxylation is 1. The molecule has 180 valence electrons. The van der Waals surface area contributed by atoms with Crippen molar-refractivity contribution in [1.29, 1.82) is 0 Å². The molecular weight excluding hydrogens is 445 g/mol. The van der Waals surface area contributed by atoms with E-state index in [1.54, 1.807) is 38.5 Å². The second-order valence-corrected chi connectivity index (χ2v) is 9.41. The highest BCUT2D eigenvalue weighted by atomic mass is 19.1. The number of pyridine rings is 2. The van der Waals surface area contributed by atoms with E-state index in [9.17, 15) is 14.0 Å². The minimum Gasteiger partial charge on any atom is -0.373 e. The molecule has 4 aromatic rings. The summed E-state index contributed by atoms with van der Waals surface area (Å²) in [6, 6.07) is 14.6. The normalized spacial score (nSPS) is 11.4. The maximum atomic E-state index is 14.6. The second-order valence-electron chi connectivity index (χ2n) is 9.41. The Kier molecular flexibility index (Phi) is 6.30. The standard InChI is InChI=1S/C27H28FN5O2/c1-27(2,3)18-7-6-8-19(13-18)31-26(35)32-22-12-16(9-10-21(22)28)20-11-17-15-30-24(29-4)14-23(17)33(5)25(20)34/h6-15H,1-5H3,(H,29,30)(H2,31,32,35). The number of anilines is 3. The molecule has 2 aromatic heterocycles. The summed E-state index contributed by atoms with van der Waals surface area (Å²) in [6.07, 6.45) is 1.67. The number of rotatable bonds is 4. The zero-order valence-electron chi connectivity index (χ0n) is 20.4. The fourth-order valence-corrected chi connectivity index (χ4v) is 3.84. The molecule has 0 saturated heterocycles. The van der Waals surface area contributed by atoms with Crippen molar-refractivity contribution in [1.82, 2.24) is 9.55 Å². The molecular formula is C27H28FN5O2. The van der Waals surface area contributed by atoms with Crippen LogP contribution in [0.5, 0.6) is 0 Å². The van der Waals surface area contributed by atoms with Crippen LogP contribution >= 0.6 is 0 Å². The lowest BCUT2D eigenvalue weighted by Gasteiger charge is -2.20. The Morgan fingerprint density at radius 3 is 2.51 bits per heavy atom. The Morgan fingerprint density at radius 1 is 1.03 bits per heavy atom. The Bertz CT molecular complexity index is 1490. The Hall–Kier alpha value is -4.20. The van der Waals surface area contributed by atoms with Crippen LogP contribution in [-0.4, -0.2) is 22.6 Å². The molecule has 0 aliphatic rings. The van der Waals surface area contributed by atoms with Gasteiger partial charge in [0, 0.05) is 43.0 Å². The highest BCUT2D eigenvalue weighted by molar-refractivity contribution is 6.00. The first-order chi connectivity index (χ1) is 16.6. The predicted molar refractivity (Wildman–Crippen MR) is 140 cm³/mol. The van der Waals surface area contributed by atoms with Crippen molar-refractivity contribution in [2.45, 2.75) is 26.2 Å². The Balaban J connectivity index is 1.63. The van der Waals surface area contributed by atoms with E-state index >= 15 is 0 Å². The molecule has 35 heavy (non-hydrogen) atoms. The number of amides is 2. The highest BCUT2D eigenvalue weighted by Crippen LogP contribution is 2.27. The van der Waals surface area contributed by atoms with Gasteiger partial charge in [-0.1, -0.05) is 39.0 Å². The predicted octanol–water partition coefficient (Wildman–Crippen LogP) is 5.72. The number of aromatic nitrogens is 2. The van der Waals surface area contributed by atoms with E-state index in [4.69, 9.17) is 0 Å². The maximum Gasteiger partial charge on any atom is 0.323 e. The number of carbonyl (C=O) groups is 1. The van der Waals surface area contributed by atoms with E-state index < -0.39 is 11.8 Å². The summed E-state index contributed by atoms with van der Waals surface area (Å²) in [7, 11) is 3.43. The van der Waals surface area contributed by atoms with Crippen molar-refractivity contribution >= 4 is 34.1 Å². The van der Waals surface area contributed by atoms with Crippen LogP contribution in [0.1, 0.15) is 26.3 Å². The van der Waals surface area contributed by atoms with Crippen molar-refractivity contribution in [2.75, 3.05) is 23.0 Å². The lowest BCUT2D eigenvalue weighted by Crippen LogP contribution is -2.21. The molecule has 0 bridgehead atoms. The average Bonchev–Trinajstić information content (AvgIpc) is 2.82. The van der Waals surface area contributed by atoms with Crippen LogP contribution in [0.2, 0.25) is 0 Å². The fraction of sp³-hybridized carbons (Fsp3) is 0.222. The first-order valence-electron chi connectivity index (χ1n) is 11.2. The van der Waals surface area contributed by atoms with Gasteiger partial charge in [-0.3, -0.25) is 4.79 Å². The smallest absolute Gasteiger partial charge is 0.323 e. The number of halogens is 1. The minimum absolute atomic E-state index is 0.0298. The molecule has 8 heteroatoms. The summed E-state index contributed by atoms with van der Waals surface area (Å²) < 4.78 is 16.1. The van der Waals surface area contributed by atoms with Crippen LogP contribution < -0.4 is 21.5 Å². The number of carbonyl (C=O) groups excluding carboxylic acids is 1. The molecule has 7 nitrogen and oxygen atoms in total. The van der Waals surface area contributed by atoms with Gasteiger partial charge in [-0.05, 0) is 46.9 Å². The van der Waals surface area contributed by atoms with E-state index in [0.29, 0.717) is 22.6 Å². The molecule has 2 heterocycles. The van der Waals surface area contributed by atoms with Crippen molar-refractivity contribution in [3.05, 3.63) is 82.5 Å². The monoisotopic (exact) mass is 473 g/mol. The van der Waals surface area contributed by atoms with Gasteiger partial charge in [-0.25, -0.2) is 14.2 Å². The van der Waals surface area contributed by atoms with E-state index in [1.165, 1.54) is 22.8 Å². The highest BCUT2D eigenvalue weighted by Gasteiger charge is 2.16. The molecule has 3 N–H and O–H groups in total. The summed E-state index contributed by atoms with van der Waals surface area (Å²) in [4.78, 5) is 30.0. The Morgan fingerprint density at radius 2 is 1.80 bits per heavy atom. The molecule has 2 aromatic carbocycles. The topological polar surface area (TPSA) is 88.1 Å². The van der Waals surface area contributed by atoms with Gasteiger partial charge in [-0.2, -0.15) is 0 Å². The molecule has 4 rings (SSSR count). The van der Waals surface area contributed by atoms with Crippen LogP contribution in [0.15, 0.2) is 65.6 Å². The van der Waals surface area contributed by atoms with Crippen LogP contribution in [0.4, 0.5) is 26.4 Å². The number of nitrogens with zero attached hydrogens (tertiary/aromatic N) is 2. The first-order valence-corrected chi connectivity index (χ1v) is 11.2. The quantitative estimate of drug-likeness (QED) is 0.354. The molecule has 2 amide bonds. The number of hydrogen-bond acceptors (Lipinski definition) is 4. The van der Waals surface area contributed by atoms with Gasteiger partial charge in [0.2, 0.25) is 0 Å². The van der Waals surface area contributed by atoms with Crippen LogP contribution in [0, 0.1) is 5.82 Å². The summed E-state index contributed by atoms with van der Waals surface area (Å²) in [5.41, 5.74) is 2.89. The van der Waals surface area contributed by atoms with Crippen molar-refractivity contribution in [2.24, 2.45) is 7.05 Å². The van der Waals surface area contributed by atoms with Gasteiger partial charge in [0.25, 0.3) is 5.56 Å². The second kappa shape index (κ2) is 9.21. The summed E-state index contributed by atoms with van der Waals surface area (Å²) in [5.74, 6) is 0.0397. The zero-order chi connectivity index (χ0) is 25.3. The van der Waals surface area contributed by atoms with E-state index in [2.05, 4.69) is 41.7 Å². The zero-order valence-corrected chi connectivity index (χ0v) is 20.4. The SMILES string of the molecule is CNc1cc2c(cn1)cc(-c1ccc(F)c(NC(=O)Nc3cccc(C(C)(C)C)c3)c1)c(=O)n2C. The lowest BCUT2D eigenvalue weighted by molar-refractivity contribution is 0.262. The number of nitrogens with one attached hydrogen (secondary N) is 3. The molecule has 0 unspecified atom stereocenters. The third kappa shape index (κ3) is 5.01. The third-order valence-corrected chi connectivity index (χ3v) is 5.88. The van der Waals surface area contributed by atoms with Gasteiger partial charge in [0.15, 0.2) is 0 Å². The molecule has 0 atom stereocenters. The molecule has 0 aliphatic heterocycles. The van der Waals surface area contributed by atoms with Crippen molar-refractivity contribution < 1.29 is 9.18 Å². The summed E-state index contributed by atoms with van der Waals surface area (Å²) >= 11 is 0. The largest absolute Gasteiger partial charge is 0.373 e. The number of urea groups is 1. The van der Waals surface area contributed by atoms with Gasteiger partial charge < -0.3 is 20.5 Å². The molecule has 0 radical (unpaired) electrons. The van der Waals surface area contributed by atoms with Crippen molar-refractivity contribution in [3.8, 4) is 11.1 Å². The Labute approximate surface area is 203 Å². The molecule has 0 saturated carbocycles. The lowest BCUT2D eigenvalue weighted by atomic mass is 9.87. The number of fused-ring (bicyclic) bond motifs is 1. The van der Waals surface area contributed by atoms with E-state index in [0.717, 1.165) is 16.5 Å². The fourth-order valence-electron chi connectivity index (χ4n) is 3.84. The van der Waals surface area contributed by atoms with Crippen LogP contribution in [-0.2, 0) is 12.5 Å². The van der Waals surface area contributed by atoms with Gasteiger partial charge in [0.05, 0.1) is 11.2 Å². The van der Waals surface area contributed by atoms with Crippen LogP contribution in [0.3, 0.4) is 0 Å². The number of hydrogen-bond donors (Lipinski definition) is 3. The van der Waals surface area contributed by atoms with Crippen molar-refractivity contribution in [3.63, 3.8) is 0 Å². The van der Waals surface area contributed by atoms with Gasteiger partial charge in [-0.15, -0.1) is 0 Å². The van der Waals surface area contributed by atoms with E-state index in [1.807, 2.05) is 18.2 Å². The summed E-state index contributed by atoms with van der Waals surface area (Å²) in [5, 5.41) is 9.02.